The van der Waals surface area contributed by atoms with Gasteiger partial charge in [-0.3, -0.25) is 4.90 Å². The molecule has 2 aromatic carbocycles. The number of hydrazine groups is 1. The molecular formula is C23H30ClN5O3. The van der Waals surface area contributed by atoms with E-state index in [9.17, 15) is 9.59 Å². The number of anilines is 1. The first kappa shape index (κ1) is 23.7. The fourth-order valence-electron chi connectivity index (χ4n) is 3.43. The van der Waals surface area contributed by atoms with Crippen LogP contribution >= 0.6 is 11.6 Å². The normalized spacial score (nSPS) is 13.8. The Hall–Kier alpha value is -2.97. The minimum atomic E-state index is -0.560. The van der Waals surface area contributed by atoms with Crippen LogP contribution in [0.25, 0.3) is 0 Å². The SMILES string of the molecule is O=C(NCCCOc1cccc(CN2CCCCC2)c1)NNC(=O)Nc1ccc(Cl)cc1. The molecule has 32 heavy (non-hydrogen) atoms. The topological polar surface area (TPSA) is 94.7 Å². The predicted octanol–water partition coefficient (Wildman–Crippen LogP) is 4.13. The van der Waals surface area contributed by atoms with Crippen molar-refractivity contribution in [2.75, 3.05) is 31.6 Å². The highest BCUT2D eigenvalue weighted by atomic mass is 35.5. The number of nitrogens with zero attached hydrogens (tertiary/aromatic N) is 1. The number of hydrogen-bond donors (Lipinski definition) is 4. The van der Waals surface area contributed by atoms with Crippen LogP contribution in [0, 0.1) is 0 Å². The smallest absolute Gasteiger partial charge is 0.337 e. The quantitative estimate of drug-likeness (QED) is 0.352. The van der Waals surface area contributed by atoms with Crippen LogP contribution in [0.2, 0.25) is 5.02 Å². The zero-order valence-corrected chi connectivity index (χ0v) is 18.8. The van der Waals surface area contributed by atoms with Crippen molar-refractivity contribution < 1.29 is 14.3 Å². The van der Waals surface area contributed by atoms with Gasteiger partial charge in [-0.25, -0.2) is 20.4 Å². The fraction of sp³-hybridized carbons (Fsp3) is 0.391. The molecule has 9 heteroatoms. The summed E-state index contributed by atoms with van der Waals surface area (Å²) in [4.78, 5) is 26.0. The molecule has 1 aliphatic heterocycles. The maximum absolute atomic E-state index is 11.8. The number of carbonyl (C=O) groups is 2. The van der Waals surface area contributed by atoms with Gasteiger partial charge in [-0.05, 0) is 74.3 Å². The van der Waals surface area contributed by atoms with Crippen molar-refractivity contribution in [3.8, 4) is 5.75 Å². The van der Waals surface area contributed by atoms with Crippen LogP contribution in [0.15, 0.2) is 48.5 Å². The molecule has 172 valence electrons. The van der Waals surface area contributed by atoms with Crippen LogP contribution in [0.3, 0.4) is 0 Å². The second kappa shape index (κ2) is 12.8. The van der Waals surface area contributed by atoms with Gasteiger partial charge in [-0.2, -0.15) is 0 Å². The number of likely N-dealkylation sites (tertiary alicyclic amines) is 1. The van der Waals surface area contributed by atoms with Gasteiger partial charge in [0.2, 0.25) is 0 Å². The molecule has 0 radical (unpaired) electrons. The molecule has 2 aromatic rings. The van der Waals surface area contributed by atoms with Crippen LogP contribution in [-0.4, -0.2) is 43.2 Å². The maximum atomic E-state index is 11.8. The van der Waals surface area contributed by atoms with E-state index in [4.69, 9.17) is 16.3 Å². The van der Waals surface area contributed by atoms with E-state index in [1.54, 1.807) is 24.3 Å². The number of benzene rings is 2. The molecule has 0 spiro atoms. The monoisotopic (exact) mass is 459 g/mol. The molecule has 1 saturated heterocycles. The van der Waals surface area contributed by atoms with Crippen molar-refractivity contribution in [3.63, 3.8) is 0 Å². The number of carbonyl (C=O) groups excluding carboxylic acids is 2. The van der Waals surface area contributed by atoms with Crippen molar-refractivity contribution in [1.82, 2.24) is 21.1 Å². The third-order valence-electron chi connectivity index (χ3n) is 5.02. The first-order valence-corrected chi connectivity index (χ1v) is 11.3. The third kappa shape index (κ3) is 8.64. The van der Waals surface area contributed by atoms with E-state index in [1.165, 1.54) is 24.8 Å². The summed E-state index contributed by atoms with van der Waals surface area (Å²) in [6.45, 7) is 4.18. The number of rotatable bonds is 8. The highest BCUT2D eigenvalue weighted by Gasteiger charge is 2.10. The van der Waals surface area contributed by atoms with Gasteiger partial charge in [-0.15, -0.1) is 0 Å². The van der Waals surface area contributed by atoms with Gasteiger partial charge >= 0.3 is 12.1 Å². The molecule has 0 atom stereocenters. The van der Waals surface area contributed by atoms with Crippen molar-refractivity contribution in [1.29, 1.82) is 0 Å². The Kier molecular flexibility index (Phi) is 9.46. The lowest BCUT2D eigenvalue weighted by atomic mass is 10.1. The molecule has 4 amide bonds. The average Bonchev–Trinajstić information content (AvgIpc) is 2.80. The number of ether oxygens (including phenoxy) is 1. The van der Waals surface area contributed by atoms with Crippen molar-refractivity contribution in [2.24, 2.45) is 0 Å². The third-order valence-corrected chi connectivity index (χ3v) is 5.27. The summed E-state index contributed by atoms with van der Waals surface area (Å²) in [5, 5.41) is 5.81. The van der Waals surface area contributed by atoms with E-state index in [-0.39, 0.29) is 0 Å². The minimum Gasteiger partial charge on any atom is -0.494 e. The van der Waals surface area contributed by atoms with E-state index in [2.05, 4.69) is 38.5 Å². The van der Waals surface area contributed by atoms with Gasteiger partial charge in [0, 0.05) is 23.8 Å². The molecule has 0 aliphatic carbocycles. The lowest BCUT2D eigenvalue weighted by Gasteiger charge is -2.26. The summed E-state index contributed by atoms with van der Waals surface area (Å²) < 4.78 is 5.81. The number of piperidine rings is 1. The lowest BCUT2D eigenvalue weighted by molar-refractivity contribution is 0.220. The molecule has 0 unspecified atom stereocenters. The molecule has 8 nitrogen and oxygen atoms in total. The minimum absolute atomic E-state index is 0.416. The molecule has 3 rings (SSSR count). The summed E-state index contributed by atoms with van der Waals surface area (Å²) in [6, 6.07) is 13.7. The summed E-state index contributed by atoms with van der Waals surface area (Å²) >= 11 is 5.80. The Balaban J connectivity index is 1.26. The predicted molar refractivity (Wildman–Crippen MR) is 126 cm³/mol. The summed E-state index contributed by atoms with van der Waals surface area (Å²) in [6.07, 6.45) is 4.53. The van der Waals surface area contributed by atoms with Crippen molar-refractivity contribution in [2.45, 2.75) is 32.2 Å². The standard InChI is InChI=1S/C23H30ClN5O3/c24-19-8-10-20(11-9-19)26-23(31)28-27-22(30)25-12-5-15-32-21-7-4-6-18(16-21)17-29-13-2-1-3-14-29/h4,6-11,16H,1-3,5,12-15,17H2,(H2,25,27,30)(H2,26,28,31). The van der Waals surface area contributed by atoms with Gasteiger partial charge in [0.05, 0.1) is 6.61 Å². The van der Waals surface area contributed by atoms with E-state index in [1.807, 2.05) is 12.1 Å². The van der Waals surface area contributed by atoms with Crippen LogP contribution < -0.4 is 26.2 Å². The van der Waals surface area contributed by atoms with E-state index >= 15 is 0 Å². The molecule has 1 heterocycles. The second-order valence-corrected chi connectivity index (χ2v) is 8.09. The Labute approximate surface area is 193 Å². The number of nitrogens with one attached hydrogen (secondary N) is 4. The van der Waals surface area contributed by atoms with Gasteiger partial charge in [0.25, 0.3) is 0 Å². The molecule has 0 saturated carbocycles. The summed E-state index contributed by atoms with van der Waals surface area (Å²) in [5.41, 5.74) is 6.37. The largest absolute Gasteiger partial charge is 0.494 e. The summed E-state index contributed by atoms with van der Waals surface area (Å²) in [7, 11) is 0. The van der Waals surface area contributed by atoms with E-state index < -0.39 is 12.1 Å². The first-order chi connectivity index (χ1) is 15.6. The fourth-order valence-corrected chi connectivity index (χ4v) is 3.55. The van der Waals surface area contributed by atoms with E-state index in [0.29, 0.717) is 30.3 Å². The molecule has 4 N–H and O–H groups in total. The lowest BCUT2D eigenvalue weighted by Crippen LogP contribution is -2.48. The Morgan fingerprint density at radius 2 is 1.72 bits per heavy atom. The second-order valence-electron chi connectivity index (χ2n) is 7.65. The molecule has 0 bridgehead atoms. The van der Waals surface area contributed by atoms with Crippen molar-refractivity contribution >= 4 is 29.4 Å². The van der Waals surface area contributed by atoms with E-state index in [0.717, 1.165) is 25.4 Å². The average molecular weight is 460 g/mol. The van der Waals surface area contributed by atoms with Gasteiger partial charge in [0.1, 0.15) is 5.75 Å². The van der Waals surface area contributed by atoms with Gasteiger partial charge in [-0.1, -0.05) is 30.2 Å². The van der Waals surface area contributed by atoms with Gasteiger partial charge < -0.3 is 15.4 Å². The van der Waals surface area contributed by atoms with Crippen LogP contribution in [0.5, 0.6) is 5.75 Å². The zero-order chi connectivity index (χ0) is 22.6. The van der Waals surface area contributed by atoms with Crippen LogP contribution in [0.1, 0.15) is 31.2 Å². The van der Waals surface area contributed by atoms with Crippen LogP contribution in [-0.2, 0) is 6.54 Å². The zero-order valence-electron chi connectivity index (χ0n) is 18.0. The maximum Gasteiger partial charge on any atom is 0.337 e. The highest BCUT2D eigenvalue weighted by Crippen LogP contribution is 2.17. The van der Waals surface area contributed by atoms with Crippen LogP contribution in [0.4, 0.5) is 15.3 Å². The van der Waals surface area contributed by atoms with Gasteiger partial charge in [0.15, 0.2) is 0 Å². The first-order valence-electron chi connectivity index (χ1n) is 10.9. The Morgan fingerprint density at radius 3 is 2.50 bits per heavy atom. The molecule has 0 aromatic heterocycles. The molecule has 1 aliphatic rings. The Bertz CT molecular complexity index is 872. The number of urea groups is 2. The summed E-state index contributed by atoms with van der Waals surface area (Å²) in [5.74, 6) is 0.837. The number of halogens is 1. The van der Waals surface area contributed by atoms with Crippen molar-refractivity contribution in [3.05, 3.63) is 59.1 Å². The molecular weight excluding hydrogens is 430 g/mol. The number of amides is 4. The Morgan fingerprint density at radius 1 is 0.969 bits per heavy atom. The highest BCUT2D eigenvalue weighted by molar-refractivity contribution is 6.30. The number of hydrogen-bond acceptors (Lipinski definition) is 4. The molecule has 1 fully saturated rings.